The lowest BCUT2D eigenvalue weighted by atomic mass is 10.1. The van der Waals surface area contributed by atoms with Gasteiger partial charge in [-0.2, -0.15) is 0 Å². The second-order valence-corrected chi connectivity index (χ2v) is 10.6. The molecule has 0 saturated carbocycles. The first-order valence-corrected chi connectivity index (χ1v) is 14.3. The number of nitrogens with one attached hydrogen (secondary N) is 5. The quantitative estimate of drug-likeness (QED) is 0.0411. The summed E-state index contributed by atoms with van der Waals surface area (Å²) in [5.74, 6) is -5.26. The van der Waals surface area contributed by atoms with E-state index in [9.17, 15) is 33.6 Å². The van der Waals surface area contributed by atoms with Gasteiger partial charge in [-0.25, -0.2) is 0 Å². The molecule has 0 aromatic heterocycles. The summed E-state index contributed by atoms with van der Waals surface area (Å²) in [5, 5.41) is 12.5. The van der Waals surface area contributed by atoms with Gasteiger partial charge < -0.3 is 49.5 Å². The number of guanidine groups is 1. The Labute approximate surface area is 268 Å². The van der Waals surface area contributed by atoms with Crippen molar-refractivity contribution in [2.75, 3.05) is 19.6 Å². The Morgan fingerprint density at radius 1 is 0.778 bits per heavy atom. The van der Waals surface area contributed by atoms with Crippen LogP contribution in [-0.2, 0) is 40.0 Å². The monoisotopic (exact) mass is 672 g/mol. The maximum absolute atomic E-state index is 12.9. The van der Waals surface area contributed by atoms with Gasteiger partial charge in [-0.1, -0.05) is 29.3 Å². The maximum atomic E-state index is 12.9. The van der Waals surface area contributed by atoms with Crippen molar-refractivity contribution in [2.24, 2.45) is 27.9 Å². The van der Waals surface area contributed by atoms with Crippen LogP contribution in [0, 0.1) is 0 Å². The van der Waals surface area contributed by atoms with Gasteiger partial charge in [0, 0.05) is 26.3 Å². The molecule has 1 rings (SSSR count). The van der Waals surface area contributed by atoms with Crippen LogP contribution in [0.15, 0.2) is 23.2 Å². The number of hydrogen-bond acceptors (Lipinski definition) is 8. The molecule has 0 aliphatic carbocycles. The van der Waals surface area contributed by atoms with Crippen molar-refractivity contribution in [1.82, 2.24) is 26.6 Å². The van der Waals surface area contributed by atoms with E-state index in [1.54, 1.807) is 6.07 Å². The smallest absolute Gasteiger partial charge is 0.243 e. The lowest BCUT2D eigenvalue weighted by molar-refractivity contribution is -0.132. The number of hydrogen-bond donors (Lipinski definition) is 9. The fourth-order valence-corrected chi connectivity index (χ4v) is 4.09. The number of primary amides is 2. The van der Waals surface area contributed by atoms with Crippen LogP contribution in [-0.4, -0.2) is 85.1 Å². The van der Waals surface area contributed by atoms with Crippen molar-refractivity contribution in [3.8, 4) is 0 Å². The molecule has 45 heavy (non-hydrogen) atoms. The highest BCUT2D eigenvalue weighted by atomic mass is 35.5. The van der Waals surface area contributed by atoms with Gasteiger partial charge in [-0.15, -0.1) is 0 Å². The molecule has 1 aromatic carbocycles. The number of carbonyl (C=O) groups is 7. The number of nitrogens with two attached hydrogens (primary N) is 4. The summed E-state index contributed by atoms with van der Waals surface area (Å²) in [5.41, 5.74) is 21.7. The Hall–Kier alpha value is -4.64. The molecule has 0 spiro atoms. The van der Waals surface area contributed by atoms with Crippen LogP contribution < -0.4 is 49.5 Å². The van der Waals surface area contributed by atoms with E-state index in [-0.39, 0.29) is 49.6 Å². The van der Waals surface area contributed by atoms with Gasteiger partial charge in [0.2, 0.25) is 41.4 Å². The fourth-order valence-electron chi connectivity index (χ4n) is 3.77. The highest BCUT2D eigenvalue weighted by Crippen LogP contribution is 2.23. The van der Waals surface area contributed by atoms with Crippen molar-refractivity contribution < 1.29 is 33.6 Å². The first-order chi connectivity index (χ1) is 21.1. The third-order valence-electron chi connectivity index (χ3n) is 5.92. The Morgan fingerprint density at radius 2 is 1.33 bits per heavy atom. The molecule has 1 aromatic rings. The fraction of sp³-hybridized carbons (Fsp3) is 0.462. The largest absolute Gasteiger partial charge is 0.370 e. The van der Waals surface area contributed by atoms with Crippen LogP contribution in [0.1, 0.15) is 38.2 Å². The average molecular weight is 674 g/mol. The van der Waals surface area contributed by atoms with Gasteiger partial charge in [0.05, 0.1) is 23.1 Å². The van der Waals surface area contributed by atoms with Gasteiger partial charge in [0.15, 0.2) is 5.96 Å². The predicted molar refractivity (Wildman–Crippen MR) is 165 cm³/mol. The third-order valence-corrected chi connectivity index (χ3v) is 6.66. The molecule has 0 radical (unpaired) electrons. The highest BCUT2D eigenvalue weighted by molar-refractivity contribution is 6.42. The van der Waals surface area contributed by atoms with Crippen molar-refractivity contribution in [3.05, 3.63) is 33.8 Å². The predicted octanol–water partition coefficient (Wildman–Crippen LogP) is -2.95. The van der Waals surface area contributed by atoms with Crippen LogP contribution in [0.2, 0.25) is 10.0 Å². The first-order valence-electron chi connectivity index (χ1n) is 13.6. The minimum absolute atomic E-state index is 0.00638. The van der Waals surface area contributed by atoms with E-state index < -0.39 is 72.6 Å². The maximum Gasteiger partial charge on any atom is 0.243 e. The summed E-state index contributed by atoms with van der Waals surface area (Å²) < 4.78 is 0. The zero-order chi connectivity index (χ0) is 34.1. The van der Waals surface area contributed by atoms with Crippen molar-refractivity contribution in [3.63, 3.8) is 0 Å². The van der Waals surface area contributed by atoms with Gasteiger partial charge in [-0.05, 0) is 37.0 Å². The lowest BCUT2D eigenvalue weighted by Gasteiger charge is -2.20. The van der Waals surface area contributed by atoms with E-state index in [1.807, 2.05) is 0 Å². The number of benzene rings is 1. The van der Waals surface area contributed by atoms with Gasteiger partial charge in [0.25, 0.3) is 0 Å². The number of carbonyl (C=O) groups excluding carboxylic acids is 7. The molecule has 0 aliphatic heterocycles. The lowest BCUT2D eigenvalue weighted by Crippen LogP contribution is -2.54. The van der Waals surface area contributed by atoms with Gasteiger partial charge in [-0.3, -0.25) is 38.6 Å². The van der Waals surface area contributed by atoms with Gasteiger partial charge >= 0.3 is 0 Å². The zero-order valence-corrected chi connectivity index (χ0v) is 26.0. The van der Waals surface area contributed by atoms with Crippen molar-refractivity contribution in [1.29, 1.82) is 0 Å². The second kappa shape index (κ2) is 19.6. The molecule has 13 N–H and O–H groups in total. The molecular weight excluding hydrogens is 635 g/mol. The summed E-state index contributed by atoms with van der Waals surface area (Å²) in [7, 11) is 0. The van der Waals surface area contributed by atoms with E-state index in [1.165, 1.54) is 19.1 Å². The van der Waals surface area contributed by atoms with Crippen LogP contribution in [0.5, 0.6) is 0 Å². The van der Waals surface area contributed by atoms with E-state index in [4.69, 9.17) is 46.1 Å². The minimum Gasteiger partial charge on any atom is -0.370 e. The van der Waals surface area contributed by atoms with E-state index >= 15 is 0 Å². The van der Waals surface area contributed by atoms with Crippen LogP contribution in [0.3, 0.4) is 0 Å². The first kappa shape index (κ1) is 38.4. The molecule has 0 heterocycles. The normalized spacial score (nSPS) is 12.4. The van der Waals surface area contributed by atoms with E-state index in [2.05, 4.69) is 31.6 Å². The van der Waals surface area contributed by atoms with Gasteiger partial charge in [0.1, 0.15) is 18.1 Å². The summed E-state index contributed by atoms with van der Waals surface area (Å²) in [4.78, 5) is 88.8. The summed E-state index contributed by atoms with van der Waals surface area (Å²) >= 11 is 11.9. The number of halogens is 2. The Bertz CT molecular complexity index is 1290. The second-order valence-electron chi connectivity index (χ2n) is 9.74. The minimum atomic E-state index is -1.18. The van der Waals surface area contributed by atoms with Crippen LogP contribution in [0.25, 0.3) is 0 Å². The Kier molecular flexibility index (Phi) is 16.7. The van der Waals surface area contributed by atoms with E-state index in [0.717, 1.165) is 0 Å². The topological polar surface area (TPSA) is 296 Å². The number of aliphatic imine (C=N–C) groups is 1. The SMILES string of the molecule is CC(=O)NC(CCC(N)=O)C(=O)NCC(=O)NC(CCCN=C(N)N)C(=O)NCC(=O)N[C@@H](Cc1ccc(Cl)c(Cl)c1)C(N)=O. The number of nitrogens with zero attached hydrogens (tertiary/aromatic N) is 1. The van der Waals surface area contributed by atoms with Crippen LogP contribution >= 0.6 is 23.2 Å². The molecule has 0 fully saturated rings. The number of rotatable bonds is 19. The molecule has 17 nitrogen and oxygen atoms in total. The molecule has 248 valence electrons. The summed E-state index contributed by atoms with van der Waals surface area (Å²) in [6, 6.07) is 1.22. The van der Waals surface area contributed by atoms with Crippen LogP contribution in [0.4, 0.5) is 0 Å². The molecule has 3 atom stereocenters. The molecule has 7 amide bonds. The van der Waals surface area contributed by atoms with E-state index in [0.29, 0.717) is 10.6 Å². The Balaban J connectivity index is 2.81. The summed E-state index contributed by atoms with van der Waals surface area (Å²) in [6.07, 6.45) is 0.0147. The zero-order valence-electron chi connectivity index (χ0n) is 24.5. The molecule has 19 heteroatoms. The summed E-state index contributed by atoms with van der Waals surface area (Å²) in [6.45, 7) is 0.150. The average Bonchev–Trinajstić information content (AvgIpc) is 2.95. The molecular formula is C26H38Cl2N10O7. The van der Waals surface area contributed by atoms with Crippen molar-refractivity contribution in [2.45, 2.75) is 57.2 Å². The molecule has 0 aliphatic rings. The number of amides is 7. The molecule has 0 saturated heterocycles. The van der Waals surface area contributed by atoms with Crippen molar-refractivity contribution >= 4 is 70.5 Å². The molecule has 0 bridgehead atoms. The third kappa shape index (κ3) is 16.1. The highest BCUT2D eigenvalue weighted by Gasteiger charge is 2.25. The standard InChI is InChI=1S/C26H38Cl2N10O7/c1-13(39)36-18(6-7-20(29)40)25(45)35-11-21(41)37-17(3-2-8-33-26(31)32)24(44)34-12-22(42)38-19(23(30)43)10-14-4-5-15(27)16(28)9-14/h4-5,9,17-19H,2-3,6-8,10-12H2,1H3,(H2,29,40)(H2,30,43)(H,34,44)(H,35,45)(H,36,39)(H,37,41)(H,38,42)(H4,31,32,33)/t17?,18?,19-/m0/s1. The Morgan fingerprint density at radius 3 is 1.82 bits per heavy atom. The molecule has 2 unspecified atom stereocenters.